The van der Waals surface area contributed by atoms with Crippen LogP contribution in [0.25, 0.3) is 0 Å². The summed E-state index contributed by atoms with van der Waals surface area (Å²) in [6.45, 7) is 1.81. The Bertz CT molecular complexity index is 495. The van der Waals surface area contributed by atoms with E-state index in [0.717, 1.165) is 0 Å². The molecule has 0 bridgehead atoms. The van der Waals surface area contributed by atoms with E-state index in [4.69, 9.17) is 4.74 Å². The van der Waals surface area contributed by atoms with Gasteiger partial charge in [-0.3, -0.25) is 4.79 Å². The van der Waals surface area contributed by atoms with Crippen LogP contribution in [0.1, 0.15) is 23.8 Å². The van der Waals surface area contributed by atoms with Crippen LogP contribution >= 0.6 is 0 Å². The monoisotopic (exact) mass is 228 g/mol. The number of hydrogen-bond donors (Lipinski definition) is 0. The Kier molecular flexibility index (Phi) is 3.45. The number of rotatable bonds is 4. The van der Waals surface area contributed by atoms with Crippen molar-refractivity contribution in [1.82, 2.24) is 9.97 Å². The topological polar surface area (TPSA) is 52.1 Å². The summed E-state index contributed by atoms with van der Waals surface area (Å²) < 4.78 is 5.46. The van der Waals surface area contributed by atoms with Crippen LogP contribution in [-0.2, 0) is 0 Å². The number of hydrogen-bond acceptors (Lipinski definition) is 4. The summed E-state index contributed by atoms with van der Waals surface area (Å²) in [4.78, 5) is 19.4. The Morgan fingerprint density at radius 3 is 2.71 bits per heavy atom. The molecule has 2 aromatic heterocycles. The van der Waals surface area contributed by atoms with E-state index in [9.17, 15) is 4.79 Å². The molecule has 0 aromatic carbocycles. The number of Topliss-reactive ketones (excluding diaryl/α,β-unsaturated/α-hetero) is 1. The van der Waals surface area contributed by atoms with E-state index < -0.39 is 0 Å². The number of ether oxygens (including phenoxy) is 1. The quantitative estimate of drug-likeness (QED) is 0.755. The first kappa shape index (κ1) is 11.3. The van der Waals surface area contributed by atoms with Crippen molar-refractivity contribution in [3.63, 3.8) is 0 Å². The minimum absolute atomic E-state index is 0.0226. The Balaban J connectivity index is 2.11. The first-order valence-corrected chi connectivity index (χ1v) is 5.37. The molecular formula is C13H12N2O2. The van der Waals surface area contributed by atoms with E-state index in [1.165, 1.54) is 6.20 Å². The Hall–Kier alpha value is -2.23. The highest BCUT2D eigenvalue weighted by Gasteiger charge is 2.05. The lowest BCUT2D eigenvalue weighted by Crippen LogP contribution is -1.99. The zero-order valence-electron chi connectivity index (χ0n) is 9.46. The van der Waals surface area contributed by atoms with Crippen molar-refractivity contribution in [1.29, 1.82) is 0 Å². The fourth-order valence-corrected chi connectivity index (χ4v) is 1.31. The van der Waals surface area contributed by atoms with Crippen molar-refractivity contribution >= 4 is 5.78 Å². The molecular weight excluding hydrogens is 216 g/mol. The van der Waals surface area contributed by atoms with E-state index in [2.05, 4.69) is 9.97 Å². The third-order valence-corrected chi connectivity index (χ3v) is 2.20. The lowest BCUT2D eigenvalue weighted by molar-refractivity contribution is 0.0983. The minimum Gasteiger partial charge on any atom is -0.437 e. The maximum Gasteiger partial charge on any atom is 0.219 e. The average Bonchev–Trinajstić information content (AvgIpc) is 2.40. The summed E-state index contributed by atoms with van der Waals surface area (Å²) >= 11 is 0. The van der Waals surface area contributed by atoms with Crippen LogP contribution in [0.3, 0.4) is 0 Å². The number of carbonyl (C=O) groups is 1. The third kappa shape index (κ3) is 2.87. The van der Waals surface area contributed by atoms with Gasteiger partial charge in [-0.15, -0.1) is 0 Å². The van der Waals surface area contributed by atoms with Crippen molar-refractivity contribution in [2.45, 2.75) is 13.3 Å². The van der Waals surface area contributed by atoms with Gasteiger partial charge in [0, 0.05) is 18.7 Å². The zero-order chi connectivity index (χ0) is 12.1. The van der Waals surface area contributed by atoms with Crippen LogP contribution in [0.4, 0.5) is 0 Å². The van der Waals surface area contributed by atoms with Crippen LogP contribution in [0.15, 0.2) is 42.7 Å². The summed E-state index contributed by atoms with van der Waals surface area (Å²) in [6, 6.07) is 8.78. The van der Waals surface area contributed by atoms with Crippen LogP contribution in [0.5, 0.6) is 11.6 Å². The van der Waals surface area contributed by atoms with Gasteiger partial charge in [-0.2, -0.15) is 0 Å². The SMILES string of the molecule is CCC(=O)c1ccc(Oc2ccccn2)cn1. The van der Waals surface area contributed by atoms with Gasteiger partial charge in [0.05, 0.1) is 6.20 Å². The van der Waals surface area contributed by atoms with E-state index in [1.54, 1.807) is 24.4 Å². The number of ketones is 1. The molecule has 0 radical (unpaired) electrons. The van der Waals surface area contributed by atoms with Crippen LogP contribution in [0.2, 0.25) is 0 Å². The van der Waals surface area contributed by atoms with Gasteiger partial charge in [-0.05, 0) is 18.2 Å². The lowest BCUT2D eigenvalue weighted by atomic mass is 10.2. The molecule has 0 amide bonds. The van der Waals surface area contributed by atoms with Crippen molar-refractivity contribution in [2.24, 2.45) is 0 Å². The molecule has 0 fully saturated rings. The largest absolute Gasteiger partial charge is 0.437 e. The summed E-state index contributed by atoms with van der Waals surface area (Å²) in [7, 11) is 0. The van der Waals surface area contributed by atoms with Crippen molar-refractivity contribution in [3.05, 3.63) is 48.4 Å². The third-order valence-electron chi connectivity index (χ3n) is 2.20. The average molecular weight is 228 g/mol. The highest BCUT2D eigenvalue weighted by Crippen LogP contribution is 2.17. The Morgan fingerprint density at radius 2 is 2.12 bits per heavy atom. The van der Waals surface area contributed by atoms with E-state index in [1.807, 2.05) is 19.1 Å². The van der Waals surface area contributed by atoms with Gasteiger partial charge in [0.2, 0.25) is 5.88 Å². The molecule has 2 heterocycles. The molecule has 0 aliphatic rings. The van der Waals surface area contributed by atoms with Gasteiger partial charge in [-0.25, -0.2) is 9.97 Å². The van der Waals surface area contributed by atoms with Crippen molar-refractivity contribution < 1.29 is 9.53 Å². The molecule has 0 saturated carbocycles. The number of carbonyl (C=O) groups excluding carboxylic acids is 1. The van der Waals surface area contributed by atoms with Gasteiger partial charge in [0.1, 0.15) is 11.4 Å². The van der Waals surface area contributed by atoms with Crippen molar-refractivity contribution in [2.75, 3.05) is 0 Å². The standard InChI is InChI=1S/C13H12N2O2/c1-2-12(16)11-7-6-10(9-15-11)17-13-5-3-4-8-14-13/h3-9H,2H2,1H3. The minimum atomic E-state index is 0.0226. The second-order valence-electron chi connectivity index (χ2n) is 3.43. The van der Waals surface area contributed by atoms with Crippen molar-refractivity contribution in [3.8, 4) is 11.6 Å². The highest BCUT2D eigenvalue weighted by molar-refractivity contribution is 5.93. The highest BCUT2D eigenvalue weighted by atomic mass is 16.5. The molecule has 0 unspecified atom stereocenters. The molecule has 0 aliphatic carbocycles. The van der Waals surface area contributed by atoms with Crippen LogP contribution in [0, 0.1) is 0 Å². The molecule has 0 spiro atoms. The van der Waals surface area contributed by atoms with Crippen LogP contribution < -0.4 is 4.74 Å². The fourth-order valence-electron chi connectivity index (χ4n) is 1.31. The smallest absolute Gasteiger partial charge is 0.219 e. The number of aromatic nitrogens is 2. The predicted molar refractivity (Wildman–Crippen MR) is 63.2 cm³/mol. The van der Waals surface area contributed by atoms with E-state index >= 15 is 0 Å². The van der Waals surface area contributed by atoms with E-state index in [-0.39, 0.29) is 5.78 Å². The molecule has 2 aromatic rings. The second-order valence-corrected chi connectivity index (χ2v) is 3.43. The van der Waals surface area contributed by atoms with Crippen LogP contribution in [-0.4, -0.2) is 15.8 Å². The Morgan fingerprint density at radius 1 is 1.24 bits per heavy atom. The fraction of sp³-hybridized carbons (Fsp3) is 0.154. The first-order chi connectivity index (χ1) is 8.29. The van der Waals surface area contributed by atoms with Gasteiger partial charge < -0.3 is 4.74 Å². The normalized spacial score (nSPS) is 9.94. The molecule has 17 heavy (non-hydrogen) atoms. The lowest BCUT2D eigenvalue weighted by Gasteiger charge is -2.04. The van der Waals surface area contributed by atoms with Gasteiger partial charge in [-0.1, -0.05) is 13.0 Å². The molecule has 86 valence electrons. The number of nitrogens with zero attached hydrogens (tertiary/aromatic N) is 2. The van der Waals surface area contributed by atoms with Gasteiger partial charge in [0.25, 0.3) is 0 Å². The molecule has 0 N–H and O–H groups in total. The summed E-state index contributed by atoms with van der Waals surface area (Å²) in [5.41, 5.74) is 0.459. The van der Waals surface area contributed by atoms with Gasteiger partial charge >= 0.3 is 0 Å². The summed E-state index contributed by atoms with van der Waals surface area (Å²) in [6.07, 6.45) is 3.63. The molecule has 2 rings (SSSR count). The van der Waals surface area contributed by atoms with E-state index in [0.29, 0.717) is 23.7 Å². The van der Waals surface area contributed by atoms with Gasteiger partial charge in [0.15, 0.2) is 5.78 Å². The summed E-state index contributed by atoms with van der Waals surface area (Å²) in [5, 5.41) is 0. The molecule has 4 nitrogen and oxygen atoms in total. The predicted octanol–water partition coefficient (Wildman–Crippen LogP) is 2.86. The zero-order valence-corrected chi connectivity index (χ0v) is 9.46. The summed E-state index contributed by atoms with van der Waals surface area (Å²) in [5.74, 6) is 1.09. The first-order valence-electron chi connectivity index (χ1n) is 5.37. The number of pyridine rings is 2. The maximum atomic E-state index is 11.4. The molecule has 0 atom stereocenters. The molecule has 4 heteroatoms. The molecule has 0 aliphatic heterocycles. The second kappa shape index (κ2) is 5.21. The maximum absolute atomic E-state index is 11.4. The molecule has 0 saturated heterocycles. The Labute approximate surface area is 99.3 Å².